The molecule has 0 aliphatic rings. The van der Waals surface area contributed by atoms with Gasteiger partial charge in [-0.05, 0) is 61.5 Å². The number of hydrogen-bond acceptors (Lipinski definition) is 4. The second-order valence-corrected chi connectivity index (χ2v) is 12.2. The number of sulfonamides is 1. The maximum atomic E-state index is 13.6. The lowest BCUT2D eigenvalue weighted by molar-refractivity contribution is 0.418. The second-order valence-electron chi connectivity index (χ2n) is 7.43. The van der Waals surface area contributed by atoms with E-state index in [9.17, 15) is 8.42 Å². The zero-order valence-electron chi connectivity index (χ0n) is 17.7. The van der Waals surface area contributed by atoms with Gasteiger partial charge in [-0.2, -0.15) is 4.31 Å². The molecule has 30 heavy (non-hydrogen) atoms. The molecule has 2 aromatic carbocycles. The van der Waals surface area contributed by atoms with Gasteiger partial charge in [0.1, 0.15) is 4.21 Å². The minimum atomic E-state index is -3.55. The number of aryl methyl sites for hydroxylation is 2. The van der Waals surface area contributed by atoms with Crippen LogP contribution < -0.4 is 0 Å². The Kier molecular flexibility index (Phi) is 8.27. The van der Waals surface area contributed by atoms with Crippen LogP contribution in [0, 0.1) is 13.8 Å². The highest BCUT2D eigenvalue weighted by molar-refractivity contribution is 7.99. The highest BCUT2D eigenvalue weighted by Gasteiger charge is 2.28. The molecule has 0 N–H and O–H groups in total. The SMILES string of the molecule is CCCCCN(CCSc1cccc(C)c1)S(=O)(=O)c1sc2ccc(Cl)cc2c1C. The molecule has 0 aliphatic carbocycles. The van der Waals surface area contributed by atoms with Crippen molar-refractivity contribution in [3.63, 3.8) is 0 Å². The van der Waals surface area contributed by atoms with E-state index in [0.717, 1.165) is 40.7 Å². The minimum absolute atomic E-state index is 0.442. The lowest BCUT2D eigenvalue weighted by Gasteiger charge is -2.22. The third kappa shape index (κ3) is 5.60. The Morgan fingerprint density at radius 3 is 2.60 bits per heavy atom. The van der Waals surface area contributed by atoms with E-state index in [2.05, 4.69) is 32.0 Å². The molecule has 0 aliphatic heterocycles. The fourth-order valence-corrected chi connectivity index (χ4v) is 8.03. The van der Waals surface area contributed by atoms with Crippen LogP contribution in [-0.4, -0.2) is 31.6 Å². The maximum absolute atomic E-state index is 13.6. The molecule has 7 heteroatoms. The van der Waals surface area contributed by atoms with Gasteiger partial charge in [0.05, 0.1) is 0 Å². The maximum Gasteiger partial charge on any atom is 0.252 e. The Bertz CT molecular complexity index is 1110. The van der Waals surface area contributed by atoms with Crippen molar-refractivity contribution in [2.24, 2.45) is 0 Å². The lowest BCUT2D eigenvalue weighted by Crippen LogP contribution is -2.34. The number of hydrogen-bond donors (Lipinski definition) is 0. The number of benzene rings is 2. The van der Waals surface area contributed by atoms with Gasteiger partial charge in [0.15, 0.2) is 0 Å². The van der Waals surface area contributed by atoms with E-state index in [0.29, 0.717) is 22.3 Å². The molecule has 0 radical (unpaired) electrons. The summed E-state index contributed by atoms with van der Waals surface area (Å²) in [5, 5.41) is 1.55. The van der Waals surface area contributed by atoms with Crippen LogP contribution in [-0.2, 0) is 10.0 Å². The number of thiophene rings is 1. The van der Waals surface area contributed by atoms with Gasteiger partial charge < -0.3 is 0 Å². The molecule has 3 nitrogen and oxygen atoms in total. The standard InChI is InChI=1S/C23H28ClNO2S3/c1-4-5-6-12-25(13-14-28-20-9-7-8-17(2)15-20)30(26,27)23-18(3)21-16-19(24)10-11-22(21)29-23/h7-11,15-16H,4-6,12-14H2,1-3H3. The van der Waals surface area contributed by atoms with Crippen molar-refractivity contribution in [2.75, 3.05) is 18.8 Å². The van der Waals surface area contributed by atoms with Gasteiger partial charge >= 0.3 is 0 Å². The highest BCUT2D eigenvalue weighted by Crippen LogP contribution is 2.37. The first-order valence-electron chi connectivity index (χ1n) is 10.2. The number of unbranched alkanes of at least 4 members (excludes halogenated alkanes) is 2. The van der Waals surface area contributed by atoms with Gasteiger partial charge in [-0.25, -0.2) is 8.42 Å². The van der Waals surface area contributed by atoms with Crippen LogP contribution in [0.1, 0.15) is 37.3 Å². The first-order chi connectivity index (χ1) is 14.3. The third-order valence-corrected chi connectivity index (χ3v) is 10.0. The number of nitrogens with zero attached hydrogens (tertiary/aromatic N) is 1. The monoisotopic (exact) mass is 481 g/mol. The van der Waals surface area contributed by atoms with Gasteiger partial charge in [-0.3, -0.25) is 0 Å². The number of thioether (sulfide) groups is 1. The van der Waals surface area contributed by atoms with E-state index in [1.54, 1.807) is 16.1 Å². The Labute approximate surface area is 193 Å². The second kappa shape index (κ2) is 10.5. The van der Waals surface area contributed by atoms with Crippen molar-refractivity contribution in [3.05, 3.63) is 58.6 Å². The van der Waals surface area contributed by atoms with Crippen LogP contribution in [0.4, 0.5) is 0 Å². The summed E-state index contributed by atoms with van der Waals surface area (Å²) >= 11 is 9.19. The molecule has 0 saturated heterocycles. The van der Waals surface area contributed by atoms with Crippen molar-refractivity contribution in [3.8, 4) is 0 Å². The summed E-state index contributed by atoms with van der Waals surface area (Å²) in [4.78, 5) is 1.17. The molecule has 0 fully saturated rings. The highest BCUT2D eigenvalue weighted by atomic mass is 35.5. The van der Waals surface area contributed by atoms with Crippen LogP contribution >= 0.6 is 34.7 Å². The van der Waals surface area contributed by atoms with Crippen molar-refractivity contribution in [1.29, 1.82) is 0 Å². The molecule has 0 spiro atoms. The van der Waals surface area contributed by atoms with Crippen LogP contribution in [0.25, 0.3) is 10.1 Å². The molecule has 0 amide bonds. The van der Waals surface area contributed by atoms with Crippen LogP contribution in [0.5, 0.6) is 0 Å². The first kappa shape index (κ1) is 23.6. The number of halogens is 1. The summed E-state index contributed by atoms with van der Waals surface area (Å²) in [6.07, 6.45) is 2.96. The third-order valence-electron chi connectivity index (χ3n) is 5.04. The molecule has 1 heterocycles. The summed E-state index contributed by atoms with van der Waals surface area (Å²) in [6, 6.07) is 13.9. The van der Waals surface area contributed by atoms with Gasteiger partial charge in [0.2, 0.25) is 0 Å². The summed E-state index contributed by atoms with van der Waals surface area (Å²) in [5.41, 5.74) is 2.01. The number of fused-ring (bicyclic) bond motifs is 1. The molecule has 1 aromatic heterocycles. The molecular formula is C23H28ClNO2S3. The van der Waals surface area contributed by atoms with E-state index in [1.807, 2.05) is 31.2 Å². The van der Waals surface area contributed by atoms with E-state index in [1.165, 1.54) is 21.8 Å². The zero-order valence-corrected chi connectivity index (χ0v) is 20.9. The topological polar surface area (TPSA) is 37.4 Å². The molecule has 3 rings (SSSR count). The average molecular weight is 482 g/mol. The Morgan fingerprint density at radius 2 is 1.87 bits per heavy atom. The van der Waals surface area contributed by atoms with Crippen molar-refractivity contribution < 1.29 is 8.42 Å². The summed E-state index contributed by atoms with van der Waals surface area (Å²) in [7, 11) is -3.55. The van der Waals surface area contributed by atoms with Crippen molar-refractivity contribution in [2.45, 2.75) is 49.1 Å². The van der Waals surface area contributed by atoms with Crippen LogP contribution in [0.2, 0.25) is 5.02 Å². The van der Waals surface area contributed by atoms with Crippen molar-refractivity contribution >= 4 is 54.8 Å². The summed E-state index contributed by atoms with van der Waals surface area (Å²) in [5.74, 6) is 0.727. The van der Waals surface area contributed by atoms with E-state index < -0.39 is 10.0 Å². The lowest BCUT2D eigenvalue weighted by atomic mass is 10.2. The van der Waals surface area contributed by atoms with Gasteiger partial charge in [-0.1, -0.05) is 49.1 Å². The fourth-order valence-electron chi connectivity index (χ4n) is 3.39. The fraction of sp³-hybridized carbons (Fsp3) is 0.391. The van der Waals surface area contributed by atoms with Crippen molar-refractivity contribution in [1.82, 2.24) is 4.31 Å². The predicted octanol–water partition coefficient (Wildman–Crippen LogP) is 7.14. The molecule has 0 bridgehead atoms. The summed E-state index contributed by atoms with van der Waals surface area (Å²) < 4.78 is 30.3. The van der Waals surface area contributed by atoms with Crippen LogP contribution in [0.15, 0.2) is 51.6 Å². The smallest absolute Gasteiger partial charge is 0.206 e. The van der Waals surface area contributed by atoms with Crippen LogP contribution in [0.3, 0.4) is 0 Å². The largest absolute Gasteiger partial charge is 0.252 e. The van der Waals surface area contributed by atoms with Gasteiger partial charge in [0, 0.05) is 33.5 Å². The van der Waals surface area contributed by atoms with E-state index in [4.69, 9.17) is 11.6 Å². The Morgan fingerprint density at radius 1 is 1.07 bits per heavy atom. The zero-order chi connectivity index (χ0) is 21.7. The minimum Gasteiger partial charge on any atom is -0.206 e. The molecule has 0 saturated carbocycles. The molecule has 3 aromatic rings. The first-order valence-corrected chi connectivity index (χ1v) is 13.8. The predicted molar refractivity (Wildman–Crippen MR) is 132 cm³/mol. The van der Waals surface area contributed by atoms with Gasteiger partial charge in [0.25, 0.3) is 10.0 Å². The molecule has 0 atom stereocenters. The van der Waals surface area contributed by atoms with Gasteiger partial charge in [-0.15, -0.1) is 23.1 Å². The Hall–Kier alpha value is -1.05. The molecule has 162 valence electrons. The summed E-state index contributed by atoms with van der Waals surface area (Å²) in [6.45, 7) is 7.14. The van der Waals surface area contributed by atoms with E-state index in [-0.39, 0.29) is 0 Å². The molecule has 0 unspecified atom stereocenters. The number of rotatable bonds is 10. The molecular weight excluding hydrogens is 454 g/mol. The normalized spacial score (nSPS) is 12.2. The quantitative estimate of drug-likeness (QED) is 0.228. The van der Waals surface area contributed by atoms with E-state index >= 15 is 0 Å². The average Bonchev–Trinajstić information content (AvgIpc) is 3.04. The Balaban J connectivity index is 1.83.